The summed E-state index contributed by atoms with van der Waals surface area (Å²) in [6.07, 6.45) is 4.81. The second-order valence-electron chi connectivity index (χ2n) is 8.35. The maximum atomic E-state index is 12.7. The summed E-state index contributed by atoms with van der Waals surface area (Å²) in [4.78, 5) is 35.5. The van der Waals surface area contributed by atoms with Crippen molar-refractivity contribution in [1.29, 1.82) is 0 Å². The fraction of sp³-hybridized carbons (Fsp3) is 0.476. The van der Waals surface area contributed by atoms with Crippen LogP contribution in [0.2, 0.25) is 0 Å². The molecule has 2 aliphatic carbocycles. The Balaban J connectivity index is 1.42. The van der Waals surface area contributed by atoms with Crippen LogP contribution < -0.4 is 10.6 Å². The average Bonchev–Trinajstić information content (AvgIpc) is 3.43. The fourth-order valence-corrected chi connectivity index (χ4v) is 4.71. The molecule has 158 valence electrons. The zero-order chi connectivity index (χ0) is 21.4. The molecule has 4 unspecified atom stereocenters. The van der Waals surface area contributed by atoms with Crippen LogP contribution in [0.3, 0.4) is 0 Å². The molecule has 0 radical (unpaired) electrons. The lowest BCUT2D eigenvalue weighted by atomic mass is 9.95. The molecule has 9 nitrogen and oxygen atoms in total. The van der Waals surface area contributed by atoms with E-state index in [1.807, 2.05) is 17.7 Å². The maximum Gasteiger partial charge on any atom is 0.270 e. The van der Waals surface area contributed by atoms with Crippen molar-refractivity contribution in [2.24, 2.45) is 11.8 Å². The van der Waals surface area contributed by atoms with Crippen LogP contribution in [-0.4, -0.2) is 32.6 Å². The van der Waals surface area contributed by atoms with Gasteiger partial charge in [-0.1, -0.05) is 12.5 Å². The fourth-order valence-electron chi connectivity index (χ4n) is 4.71. The molecule has 30 heavy (non-hydrogen) atoms. The van der Waals surface area contributed by atoms with Crippen molar-refractivity contribution < 1.29 is 14.5 Å². The summed E-state index contributed by atoms with van der Waals surface area (Å²) in [5.41, 5.74) is 0.790. The summed E-state index contributed by atoms with van der Waals surface area (Å²) in [6.45, 7) is 3.47. The molecule has 2 amide bonds. The largest absolute Gasteiger partial charge is 0.341 e. The van der Waals surface area contributed by atoms with E-state index in [4.69, 9.17) is 0 Å². The summed E-state index contributed by atoms with van der Waals surface area (Å²) < 4.78 is 1.94. The van der Waals surface area contributed by atoms with Crippen LogP contribution in [0.25, 0.3) is 0 Å². The smallest absolute Gasteiger partial charge is 0.270 e. The molecule has 0 saturated heterocycles. The number of nitro benzene ring substituents is 1. The number of hydrogen-bond acceptors (Lipinski definition) is 5. The predicted molar refractivity (Wildman–Crippen MR) is 110 cm³/mol. The van der Waals surface area contributed by atoms with Gasteiger partial charge in [0.25, 0.3) is 11.6 Å². The number of non-ortho nitro benzene ring substituents is 1. The molecule has 2 aliphatic rings. The van der Waals surface area contributed by atoms with Crippen molar-refractivity contribution in [3.05, 3.63) is 51.7 Å². The number of fused-ring (bicyclic) bond motifs is 2. The van der Waals surface area contributed by atoms with Gasteiger partial charge in [0.05, 0.1) is 16.7 Å². The molecule has 2 N–H and O–H groups in total. The number of carbonyl (C=O) groups excluding carboxylic acids is 2. The first kappa shape index (κ1) is 20.1. The molecular weight excluding hydrogens is 386 g/mol. The van der Waals surface area contributed by atoms with Gasteiger partial charge in [0, 0.05) is 23.8 Å². The first-order chi connectivity index (χ1) is 14.3. The topological polar surface area (TPSA) is 119 Å². The molecule has 2 saturated carbocycles. The van der Waals surface area contributed by atoms with Gasteiger partial charge in [0.1, 0.15) is 11.9 Å². The molecule has 2 bridgehead atoms. The Morgan fingerprint density at radius 1 is 1.27 bits per heavy atom. The normalized spacial score (nSPS) is 23.2. The highest BCUT2D eigenvalue weighted by atomic mass is 16.6. The minimum absolute atomic E-state index is 0.131. The number of nitro groups is 1. The lowest BCUT2D eigenvalue weighted by molar-refractivity contribution is -0.384. The van der Waals surface area contributed by atoms with Crippen LogP contribution in [-0.2, 0) is 4.79 Å². The molecular formula is C21H25N5O4. The van der Waals surface area contributed by atoms with Crippen molar-refractivity contribution in [3.8, 4) is 0 Å². The highest BCUT2D eigenvalue weighted by molar-refractivity contribution is 6.01. The van der Waals surface area contributed by atoms with E-state index in [1.54, 1.807) is 6.92 Å². The van der Waals surface area contributed by atoms with Gasteiger partial charge < -0.3 is 10.6 Å². The number of amides is 2. The Morgan fingerprint density at radius 2 is 2.07 bits per heavy atom. The van der Waals surface area contributed by atoms with Crippen molar-refractivity contribution in [2.45, 2.75) is 51.6 Å². The molecule has 4 atom stereocenters. The van der Waals surface area contributed by atoms with Crippen LogP contribution in [0.4, 0.5) is 11.5 Å². The van der Waals surface area contributed by atoms with Crippen molar-refractivity contribution in [1.82, 2.24) is 15.1 Å². The number of aromatic nitrogens is 2. The summed E-state index contributed by atoms with van der Waals surface area (Å²) >= 11 is 0. The van der Waals surface area contributed by atoms with Crippen LogP contribution in [0, 0.1) is 28.9 Å². The van der Waals surface area contributed by atoms with E-state index in [2.05, 4.69) is 15.7 Å². The first-order valence-corrected chi connectivity index (χ1v) is 10.2. The number of rotatable bonds is 6. The van der Waals surface area contributed by atoms with Gasteiger partial charge in [-0.2, -0.15) is 5.10 Å². The monoisotopic (exact) mass is 411 g/mol. The second-order valence-corrected chi connectivity index (χ2v) is 8.35. The van der Waals surface area contributed by atoms with E-state index >= 15 is 0 Å². The Hall–Kier alpha value is -3.23. The third-order valence-corrected chi connectivity index (χ3v) is 6.18. The van der Waals surface area contributed by atoms with Gasteiger partial charge in [0.15, 0.2) is 0 Å². The summed E-state index contributed by atoms with van der Waals surface area (Å²) in [5.74, 6) is 1.10. The third-order valence-electron chi connectivity index (χ3n) is 6.18. The van der Waals surface area contributed by atoms with Gasteiger partial charge in [0.2, 0.25) is 5.91 Å². The Labute approximate surface area is 174 Å². The number of nitrogens with zero attached hydrogens (tertiary/aromatic N) is 3. The van der Waals surface area contributed by atoms with Gasteiger partial charge in [-0.05, 0) is 51.0 Å². The van der Waals surface area contributed by atoms with E-state index in [9.17, 15) is 19.7 Å². The molecule has 4 rings (SSSR count). The predicted octanol–water partition coefficient (Wildman–Crippen LogP) is 3.22. The zero-order valence-electron chi connectivity index (χ0n) is 17.0. The minimum Gasteiger partial charge on any atom is -0.341 e. The Morgan fingerprint density at radius 3 is 2.73 bits per heavy atom. The van der Waals surface area contributed by atoms with Crippen LogP contribution in [0.1, 0.15) is 54.7 Å². The standard InChI is InChI=1S/C21H25N5O4/c1-12-8-19(25(24-12)18-10-14-6-7-15(18)9-14)23-20(27)13(2)22-21(28)16-4-3-5-17(11-16)26(29)30/h3-5,8,11,13-15,18H,6-7,9-10H2,1-2H3,(H,22,28)(H,23,27). The molecule has 9 heteroatoms. The Bertz CT molecular complexity index is 1000. The molecule has 0 spiro atoms. The van der Waals surface area contributed by atoms with Gasteiger partial charge in [-0.25, -0.2) is 4.68 Å². The van der Waals surface area contributed by atoms with Crippen LogP contribution in [0.5, 0.6) is 0 Å². The minimum atomic E-state index is -0.819. The van der Waals surface area contributed by atoms with E-state index in [0.29, 0.717) is 17.8 Å². The van der Waals surface area contributed by atoms with Crippen molar-refractivity contribution in [3.63, 3.8) is 0 Å². The van der Waals surface area contributed by atoms with E-state index < -0.39 is 16.9 Å². The lowest BCUT2D eigenvalue weighted by Gasteiger charge is -2.24. The lowest BCUT2D eigenvalue weighted by Crippen LogP contribution is -2.42. The molecule has 1 heterocycles. The Kier molecular flexibility index (Phi) is 5.27. The van der Waals surface area contributed by atoms with Gasteiger partial charge in [-0.15, -0.1) is 0 Å². The quantitative estimate of drug-likeness (QED) is 0.559. The summed E-state index contributed by atoms with van der Waals surface area (Å²) in [5, 5.41) is 21.0. The number of hydrogen-bond donors (Lipinski definition) is 2. The molecule has 1 aromatic carbocycles. The van der Waals surface area contributed by atoms with Crippen molar-refractivity contribution in [2.75, 3.05) is 5.32 Å². The third kappa shape index (κ3) is 3.92. The molecule has 1 aromatic heterocycles. The zero-order valence-corrected chi connectivity index (χ0v) is 17.0. The number of benzene rings is 1. The van der Waals surface area contributed by atoms with E-state index in [-0.39, 0.29) is 17.2 Å². The summed E-state index contributed by atoms with van der Waals surface area (Å²) in [7, 11) is 0. The first-order valence-electron chi connectivity index (χ1n) is 10.2. The van der Waals surface area contributed by atoms with Gasteiger partial charge >= 0.3 is 0 Å². The molecule has 2 fully saturated rings. The van der Waals surface area contributed by atoms with Crippen LogP contribution >= 0.6 is 0 Å². The number of carbonyl (C=O) groups is 2. The van der Waals surface area contributed by atoms with Crippen molar-refractivity contribution >= 4 is 23.3 Å². The number of aryl methyl sites for hydroxylation is 1. The van der Waals surface area contributed by atoms with Gasteiger partial charge in [-0.3, -0.25) is 19.7 Å². The number of anilines is 1. The maximum absolute atomic E-state index is 12.7. The van der Waals surface area contributed by atoms with E-state index in [0.717, 1.165) is 18.0 Å². The molecule has 2 aromatic rings. The summed E-state index contributed by atoms with van der Waals surface area (Å²) in [6, 6.07) is 6.75. The highest BCUT2D eigenvalue weighted by Crippen LogP contribution is 2.51. The SMILES string of the molecule is Cc1cc(NC(=O)C(C)NC(=O)c2cccc([N+](=O)[O-])c2)n(C2CC3CCC2C3)n1. The highest BCUT2D eigenvalue weighted by Gasteiger charge is 2.41. The number of nitrogens with one attached hydrogen (secondary N) is 2. The van der Waals surface area contributed by atoms with Crippen LogP contribution in [0.15, 0.2) is 30.3 Å². The second kappa shape index (κ2) is 7.89. The van der Waals surface area contributed by atoms with E-state index in [1.165, 1.54) is 43.5 Å². The molecule has 0 aliphatic heterocycles. The average molecular weight is 411 g/mol.